The Hall–Kier alpha value is -0.970. The molecule has 0 fully saturated rings. The third-order valence-electron chi connectivity index (χ3n) is 2.92. The maximum absolute atomic E-state index is 13.5. The lowest BCUT2D eigenvalue weighted by Crippen LogP contribution is -2.20. The molecule has 1 unspecified atom stereocenters. The van der Waals surface area contributed by atoms with Crippen LogP contribution in [-0.4, -0.2) is 12.0 Å². The second-order valence-electron chi connectivity index (χ2n) is 4.13. The number of benzene rings is 1. The van der Waals surface area contributed by atoms with E-state index >= 15 is 0 Å². The molecule has 0 saturated carbocycles. The topological polar surface area (TPSA) is 24.9 Å². The van der Waals surface area contributed by atoms with Crippen molar-refractivity contribution in [2.24, 2.45) is 0 Å². The molecule has 19 heavy (non-hydrogen) atoms. The van der Waals surface area contributed by atoms with Crippen molar-refractivity contribution < 1.29 is 4.39 Å². The fourth-order valence-corrected chi connectivity index (χ4v) is 2.60. The van der Waals surface area contributed by atoms with Gasteiger partial charge < -0.3 is 5.32 Å². The third kappa shape index (κ3) is 3.32. The van der Waals surface area contributed by atoms with Crippen LogP contribution in [0.1, 0.15) is 17.3 Å². The van der Waals surface area contributed by atoms with Crippen molar-refractivity contribution in [3.8, 4) is 0 Å². The number of likely N-dealkylation sites (N-methyl/N-ethyl adjacent to an activating group) is 1. The van der Waals surface area contributed by atoms with E-state index in [1.54, 1.807) is 24.4 Å². The summed E-state index contributed by atoms with van der Waals surface area (Å²) in [6, 6.07) is 8.53. The van der Waals surface area contributed by atoms with Crippen molar-refractivity contribution in [2.45, 2.75) is 12.5 Å². The van der Waals surface area contributed by atoms with Gasteiger partial charge in [0.25, 0.3) is 0 Å². The average Bonchev–Trinajstić information content (AvgIpc) is 2.41. The Morgan fingerprint density at radius 3 is 2.84 bits per heavy atom. The summed E-state index contributed by atoms with van der Waals surface area (Å²) in [4.78, 5) is 4.29. The van der Waals surface area contributed by atoms with Crippen molar-refractivity contribution >= 4 is 27.5 Å². The van der Waals surface area contributed by atoms with Crippen LogP contribution in [0.25, 0.3) is 0 Å². The van der Waals surface area contributed by atoms with Gasteiger partial charge in [-0.3, -0.25) is 4.98 Å². The van der Waals surface area contributed by atoms with E-state index < -0.39 is 0 Å². The lowest BCUT2D eigenvalue weighted by atomic mass is 10.0. The minimum absolute atomic E-state index is 0.0631. The van der Waals surface area contributed by atoms with Gasteiger partial charge in [0.1, 0.15) is 5.82 Å². The molecular formula is C14H13BrClFN2. The van der Waals surface area contributed by atoms with Crippen molar-refractivity contribution in [2.75, 3.05) is 7.05 Å². The first-order valence-electron chi connectivity index (χ1n) is 5.84. The fraction of sp³-hybridized carbons (Fsp3) is 0.214. The molecule has 0 amide bonds. The maximum atomic E-state index is 13.5. The largest absolute Gasteiger partial charge is 0.311 e. The minimum Gasteiger partial charge on any atom is -0.311 e. The molecule has 2 nitrogen and oxygen atoms in total. The van der Waals surface area contributed by atoms with Crippen LogP contribution < -0.4 is 5.32 Å². The van der Waals surface area contributed by atoms with Crippen molar-refractivity contribution in [1.82, 2.24) is 10.3 Å². The zero-order valence-electron chi connectivity index (χ0n) is 10.3. The molecule has 0 spiro atoms. The number of nitrogens with one attached hydrogen (secondary N) is 1. The molecule has 1 N–H and O–H groups in total. The summed E-state index contributed by atoms with van der Waals surface area (Å²) < 4.78 is 14.0. The van der Waals surface area contributed by atoms with E-state index in [9.17, 15) is 4.39 Å². The van der Waals surface area contributed by atoms with Crippen LogP contribution in [0.3, 0.4) is 0 Å². The summed E-state index contributed by atoms with van der Waals surface area (Å²) in [5.41, 5.74) is 1.64. The molecule has 1 atom stereocenters. The van der Waals surface area contributed by atoms with Crippen LogP contribution in [0.15, 0.2) is 41.0 Å². The van der Waals surface area contributed by atoms with E-state index in [2.05, 4.69) is 26.2 Å². The molecule has 1 aromatic heterocycles. The smallest absolute Gasteiger partial charge is 0.137 e. The second kappa shape index (κ2) is 6.46. The number of halogens is 3. The van der Waals surface area contributed by atoms with Crippen LogP contribution in [0.5, 0.6) is 0 Å². The fourth-order valence-electron chi connectivity index (χ4n) is 1.92. The van der Waals surface area contributed by atoms with Gasteiger partial charge >= 0.3 is 0 Å². The Bertz CT molecular complexity index is 577. The van der Waals surface area contributed by atoms with Crippen LogP contribution in [-0.2, 0) is 6.42 Å². The lowest BCUT2D eigenvalue weighted by molar-refractivity contribution is 0.567. The predicted molar refractivity (Wildman–Crippen MR) is 78.9 cm³/mol. The first-order valence-corrected chi connectivity index (χ1v) is 7.01. The maximum Gasteiger partial charge on any atom is 0.137 e. The number of nitrogens with zero attached hydrogens (tertiary/aromatic N) is 1. The van der Waals surface area contributed by atoms with Crippen LogP contribution in [0.4, 0.5) is 4.39 Å². The highest BCUT2D eigenvalue weighted by Gasteiger charge is 2.17. The minimum atomic E-state index is -0.264. The summed E-state index contributed by atoms with van der Waals surface area (Å²) in [7, 11) is 1.84. The van der Waals surface area contributed by atoms with E-state index in [4.69, 9.17) is 11.6 Å². The van der Waals surface area contributed by atoms with Gasteiger partial charge in [-0.15, -0.1) is 0 Å². The molecule has 0 radical (unpaired) electrons. The molecule has 0 aliphatic heterocycles. The third-order valence-corrected chi connectivity index (χ3v) is 4.13. The first kappa shape index (κ1) is 14.4. The summed E-state index contributed by atoms with van der Waals surface area (Å²) >= 11 is 9.42. The van der Waals surface area contributed by atoms with Gasteiger partial charge in [-0.05, 0) is 53.2 Å². The van der Waals surface area contributed by atoms with Crippen molar-refractivity contribution in [3.05, 3.63) is 63.1 Å². The Morgan fingerprint density at radius 2 is 2.16 bits per heavy atom. The highest BCUT2D eigenvalue weighted by molar-refractivity contribution is 9.10. The summed E-state index contributed by atoms with van der Waals surface area (Å²) in [5, 5.41) is 3.77. The van der Waals surface area contributed by atoms with E-state index in [1.807, 2.05) is 13.1 Å². The quantitative estimate of drug-likeness (QED) is 0.902. The molecule has 5 heteroatoms. The van der Waals surface area contributed by atoms with Gasteiger partial charge in [0.2, 0.25) is 0 Å². The average molecular weight is 344 g/mol. The van der Waals surface area contributed by atoms with Crippen molar-refractivity contribution in [1.29, 1.82) is 0 Å². The summed E-state index contributed by atoms with van der Waals surface area (Å²) in [5.74, 6) is -0.264. The molecule has 1 aromatic carbocycles. The zero-order chi connectivity index (χ0) is 13.8. The van der Waals surface area contributed by atoms with E-state index in [1.165, 1.54) is 6.07 Å². The molecule has 2 rings (SSSR count). The normalized spacial score (nSPS) is 12.4. The molecule has 0 aliphatic carbocycles. The highest BCUT2D eigenvalue weighted by Crippen LogP contribution is 2.27. The lowest BCUT2D eigenvalue weighted by Gasteiger charge is -2.17. The molecule has 1 heterocycles. The molecule has 100 valence electrons. The molecule has 2 aromatic rings. The summed E-state index contributed by atoms with van der Waals surface area (Å²) in [6.45, 7) is 0. The Kier molecular flexibility index (Phi) is 4.91. The first-order chi connectivity index (χ1) is 9.13. The number of hydrogen-bond acceptors (Lipinski definition) is 2. The standard InChI is InChI=1S/C14H13BrClFN2/c1-18-12(14-10(16)5-3-7-19-14)8-9-4-2-6-11(17)13(9)15/h2-7,12,18H,8H2,1H3. The number of aromatic nitrogens is 1. The van der Waals surface area contributed by atoms with Crippen molar-refractivity contribution in [3.63, 3.8) is 0 Å². The molecular weight excluding hydrogens is 331 g/mol. The zero-order valence-corrected chi connectivity index (χ0v) is 12.7. The number of hydrogen-bond donors (Lipinski definition) is 1. The monoisotopic (exact) mass is 342 g/mol. The Balaban J connectivity index is 2.30. The molecule has 0 aliphatic rings. The van der Waals surface area contributed by atoms with Gasteiger partial charge in [0.15, 0.2) is 0 Å². The van der Waals surface area contributed by atoms with Gasteiger partial charge in [-0.1, -0.05) is 23.7 Å². The van der Waals surface area contributed by atoms with E-state index in [-0.39, 0.29) is 11.9 Å². The second-order valence-corrected chi connectivity index (χ2v) is 5.33. The van der Waals surface area contributed by atoms with Gasteiger partial charge in [-0.2, -0.15) is 0 Å². The SMILES string of the molecule is CNC(Cc1cccc(F)c1Br)c1ncccc1Cl. The highest BCUT2D eigenvalue weighted by atomic mass is 79.9. The summed E-state index contributed by atoms with van der Waals surface area (Å²) in [6.07, 6.45) is 2.30. The van der Waals surface area contributed by atoms with Gasteiger partial charge in [-0.25, -0.2) is 4.39 Å². The number of rotatable bonds is 4. The number of pyridine rings is 1. The molecule has 0 saturated heterocycles. The predicted octanol–water partition coefficient (Wildman–Crippen LogP) is 4.14. The van der Waals surface area contributed by atoms with E-state index in [0.29, 0.717) is 15.9 Å². The van der Waals surface area contributed by atoms with E-state index in [0.717, 1.165) is 11.3 Å². The van der Waals surface area contributed by atoms with Crippen LogP contribution in [0.2, 0.25) is 5.02 Å². The molecule has 0 bridgehead atoms. The van der Waals surface area contributed by atoms with Gasteiger partial charge in [0, 0.05) is 6.20 Å². The van der Waals surface area contributed by atoms with Crippen LogP contribution in [0, 0.1) is 5.82 Å². The van der Waals surface area contributed by atoms with Crippen LogP contribution >= 0.6 is 27.5 Å². The Morgan fingerprint density at radius 1 is 1.37 bits per heavy atom. The Labute approximate surface area is 125 Å². The van der Waals surface area contributed by atoms with Gasteiger partial charge in [0.05, 0.1) is 21.2 Å².